The monoisotopic (exact) mass is 390 g/mol. The lowest BCUT2D eigenvalue weighted by molar-refractivity contribution is -0.116. The van der Waals surface area contributed by atoms with Gasteiger partial charge in [-0.25, -0.2) is 13.2 Å². The van der Waals surface area contributed by atoms with Crippen LogP contribution in [0, 0.1) is 17.5 Å². The van der Waals surface area contributed by atoms with E-state index in [9.17, 15) is 22.8 Å². The van der Waals surface area contributed by atoms with Crippen molar-refractivity contribution in [2.45, 2.75) is 0 Å². The van der Waals surface area contributed by atoms with Crippen LogP contribution in [0.25, 0.3) is 0 Å². The molecular formula is C16H11Cl2F3N2O2. The van der Waals surface area contributed by atoms with E-state index >= 15 is 0 Å². The van der Waals surface area contributed by atoms with Crippen molar-refractivity contribution >= 4 is 40.7 Å². The number of rotatable bonds is 4. The predicted octanol–water partition coefficient (Wildman–Crippen LogP) is 4.12. The number of anilines is 1. The van der Waals surface area contributed by atoms with Gasteiger partial charge in [-0.1, -0.05) is 23.2 Å². The molecule has 0 atom stereocenters. The third-order valence-electron chi connectivity index (χ3n) is 3.20. The summed E-state index contributed by atoms with van der Waals surface area (Å²) in [4.78, 5) is 25.2. The molecule has 2 aromatic carbocycles. The van der Waals surface area contributed by atoms with E-state index in [1.807, 2.05) is 0 Å². The highest BCUT2D eigenvalue weighted by atomic mass is 35.5. The smallest absolute Gasteiger partial charge is 0.254 e. The first kappa shape index (κ1) is 19.1. The van der Waals surface area contributed by atoms with E-state index in [2.05, 4.69) is 5.32 Å². The molecule has 0 heterocycles. The van der Waals surface area contributed by atoms with Gasteiger partial charge in [0.1, 0.15) is 0 Å². The zero-order chi connectivity index (χ0) is 18.7. The van der Waals surface area contributed by atoms with Crippen LogP contribution in [-0.2, 0) is 4.79 Å². The van der Waals surface area contributed by atoms with Crippen LogP contribution in [0.5, 0.6) is 0 Å². The number of halogens is 5. The van der Waals surface area contributed by atoms with Crippen LogP contribution in [0.15, 0.2) is 30.3 Å². The Labute approximate surface area is 151 Å². The number of amides is 2. The molecular weight excluding hydrogens is 380 g/mol. The molecule has 0 radical (unpaired) electrons. The highest BCUT2D eigenvalue weighted by Crippen LogP contribution is 2.23. The number of nitrogens with one attached hydrogen (secondary N) is 1. The summed E-state index contributed by atoms with van der Waals surface area (Å²) < 4.78 is 39.5. The maximum absolute atomic E-state index is 13.5. The van der Waals surface area contributed by atoms with Crippen molar-refractivity contribution in [1.29, 1.82) is 0 Å². The van der Waals surface area contributed by atoms with Gasteiger partial charge in [-0.05, 0) is 30.3 Å². The molecule has 2 aromatic rings. The zero-order valence-electron chi connectivity index (χ0n) is 12.7. The third-order valence-corrected chi connectivity index (χ3v) is 3.94. The Morgan fingerprint density at radius 3 is 2.36 bits per heavy atom. The van der Waals surface area contributed by atoms with Gasteiger partial charge in [-0.3, -0.25) is 9.59 Å². The molecule has 132 valence electrons. The Hall–Kier alpha value is -2.25. The Morgan fingerprint density at radius 2 is 1.72 bits per heavy atom. The Bertz CT molecular complexity index is 846. The third kappa shape index (κ3) is 4.43. The minimum Gasteiger partial charge on any atom is -0.332 e. The first-order valence-corrected chi connectivity index (χ1v) is 7.60. The number of carbonyl (C=O) groups excluding carboxylic acids is 2. The van der Waals surface area contributed by atoms with Crippen LogP contribution in [0.1, 0.15) is 10.4 Å². The van der Waals surface area contributed by atoms with Crippen LogP contribution in [0.4, 0.5) is 18.9 Å². The number of benzene rings is 2. The minimum absolute atomic E-state index is 0.175. The summed E-state index contributed by atoms with van der Waals surface area (Å²) in [5, 5.41) is 2.52. The van der Waals surface area contributed by atoms with E-state index in [0.29, 0.717) is 6.07 Å². The second-order valence-electron chi connectivity index (χ2n) is 5.06. The van der Waals surface area contributed by atoms with E-state index < -0.39 is 41.5 Å². The van der Waals surface area contributed by atoms with Gasteiger partial charge in [0, 0.05) is 12.6 Å². The van der Waals surface area contributed by atoms with Crippen LogP contribution < -0.4 is 5.32 Å². The molecule has 2 amide bonds. The normalized spacial score (nSPS) is 10.5. The van der Waals surface area contributed by atoms with Gasteiger partial charge < -0.3 is 10.2 Å². The van der Waals surface area contributed by atoms with E-state index in [-0.39, 0.29) is 15.6 Å². The van der Waals surface area contributed by atoms with Crippen molar-refractivity contribution in [3.8, 4) is 0 Å². The standard InChI is InChI=1S/C16H11Cl2F3N2O2/c1-23(16(25)8-2-3-9(17)10(18)6-8)7-13(24)22-12-5-4-11(19)14(20)15(12)21/h2-6H,7H2,1H3,(H,22,24). The summed E-state index contributed by atoms with van der Waals surface area (Å²) in [6.07, 6.45) is 0. The molecule has 2 rings (SSSR count). The van der Waals surface area contributed by atoms with Gasteiger partial charge in [-0.2, -0.15) is 0 Å². The molecule has 0 saturated carbocycles. The fourth-order valence-corrected chi connectivity index (χ4v) is 2.25. The highest BCUT2D eigenvalue weighted by molar-refractivity contribution is 6.42. The molecule has 25 heavy (non-hydrogen) atoms. The first-order chi connectivity index (χ1) is 11.7. The summed E-state index contributed by atoms with van der Waals surface area (Å²) in [6, 6.07) is 5.77. The second kappa shape index (κ2) is 7.76. The van der Waals surface area contributed by atoms with Crippen molar-refractivity contribution in [3.05, 3.63) is 63.4 Å². The summed E-state index contributed by atoms with van der Waals surface area (Å²) in [6.45, 7) is -0.447. The minimum atomic E-state index is -1.70. The molecule has 0 aliphatic rings. The molecule has 1 N–H and O–H groups in total. The van der Waals surface area contributed by atoms with Crippen LogP contribution in [-0.4, -0.2) is 30.3 Å². The van der Waals surface area contributed by atoms with E-state index in [1.54, 1.807) is 0 Å². The number of likely N-dealkylation sites (N-methyl/N-ethyl adjacent to an activating group) is 1. The Kier molecular flexibility index (Phi) is 5.92. The van der Waals surface area contributed by atoms with Gasteiger partial charge in [-0.15, -0.1) is 0 Å². The lowest BCUT2D eigenvalue weighted by Gasteiger charge is -2.17. The van der Waals surface area contributed by atoms with Crippen molar-refractivity contribution < 1.29 is 22.8 Å². The molecule has 0 aliphatic carbocycles. The molecule has 0 spiro atoms. The first-order valence-electron chi connectivity index (χ1n) is 6.84. The Balaban J connectivity index is 2.06. The van der Waals surface area contributed by atoms with Gasteiger partial charge in [0.15, 0.2) is 17.5 Å². The van der Waals surface area contributed by atoms with E-state index in [4.69, 9.17) is 23.2 Å². The van der Waals surface area contributed by atoms with Crippen molar-refractivity contribution in [3.63, 3.8) is 0 Å². The lowest BCUT2D eigenvalue weighted by Crippen LogP contribution is -2.35. The maximum atomic E-state index is 13.5. The fraction of sp³-hybridized carbons (Fsp3) is 0.125. The molecule has 0 fully saturated rings. The summed E-state index contributed by atoms with van der Waals surface area (Å²) in [5.41, 5.74) is -0.331. The van der Waals surface area contributed by atoms with Gasteiger partial charge in [0.25, 0.3) is 5.91 Å². The second-order valence-corrected chi connectivity index (χ2v) is 5.88. The maximum Gasteiger partial charge on any atom is 0.254 e. The van der Waals surface area contributed by atoms with Crippen LogP contribution in [0.2, 0.25) is 10.0 Å². The van der Waals surface area contributed by atoms with Crippen molar-refractivity contribution in [2.24, 2.45) is 0 Å². The average molecular weight is 391 g/mol. The molecule has 0 saturated heterocycles. The zero-order valence-corrected chi connectivity index (χ0v) is 14.3. The van der Waals surface area contributed by atoms with Crippen molar-refractivity contribution in [1.82, 2.24) is 4.90 Å². The molecule has 0 bridgehead atoms. The predicted molar refractivity (Wildman–Crippen MR) is 88.4 cm³/mol. The van der Waals surface area contributed by atoms with Crippen LogP contribution >= 0.6 is 23.2 Å². The lowest BCUT2D eigenvalue weighted by atomic mass is 10.2. The van der Waals surface area contributed by atoms with Gasteiger partial charge in [0.2, 0.25) is 5.91 Å². The van der Waals surface area contributed by atoms with E-state index in [0.717, 1.165) is 11.0 Å². The summed E-state index contributed by atoms with van der Waals surface area (Å²) in [5.74, 6) is -5.91. The molecule has 4 nitrogen and oxygen atoms in total. The van der Waals surface area contributed by atoms with E-state index in [1.165, 1.54) is 25.2 Å². The number of hydrogen-bond acceptors (Lipinski definition) is 2. The molecule has 0 aromatic heterocycles. The average Bonchev–Trinajstić information content (AvgIpc) is 2.57. The largest absolute Gasteiger partial charge is 0.332 e. The topological polar surface area (TPSA) is 49.4 Å². The number of hydrogen-bond donors (Lipinski definition) is 1. The summed E-state index contributed by atoms with van der Waals surface area (Å²) in [7, 11) is 1.34. The summed E-state index contributed by atoms with van der Waals surface area (Å²) >= 11 is 11.6. The molecule has 0 aliphatic heterocycles. The SMILES string of the molecule is CN(CC(=O)Nc1ccc(F)c(F)c1F)C(=O)c1ccc(Cl)c(Cl)c1. The quantitative estimate of drug-likeness (QED) is 0.798. The number of carbonyl (C=O) groups is 2. The number of nitrogens with zero attached hydrogens (tertiary/aromatic N) is 1. The van der Waals surface area contributed by atoms with Crippen molar-refractivity contribution in [2.75, 3.05) is 18.9 Å². The van der Waals surface area contributed by atoms with Crippen LogP contribution in [0.3, 0.4) is 0 Å². The van der Waals surface area contributed by atoms with Gasteiger partial charge in [0.05, 0.1) is 22.3 Å². The molecule has 0 unspecified atom stereocenters. The highest BCUT2D eigenvalue weighted by Gasteiger charge is 2.19. The fourth-order valence-electron chi connectivity index (χ4n) is 1.95. The Morgan fingerprint density at radius 1 is 1.04 bits per heavy atom. The van der Waals surface area contributed by atoms with Gasteiger partial charge >= 0.3 is 0 Å². The molecule has 9 heteroatoms.